The molecule has 0 saturated heterocycles. The Labute approximate surface area is 119 Å². The van der Waals surface area contributed by atoms with E-state index in [1.54, 1.807) is 25.2 Å². The minimum Gasteiger partial charge on any atom is -0.477 e. The summed E-state index contributed by atoms with van der Waals surface area (Å²) in [6, 6.07) is 4.97. The van der Waals surface area contributed by atoms with Gasteiger partial charge in [0.25, 0.3) is 0 Å². The number of aromatic nitrogens is 2. The van der Waals surface area contributed by atoms with Crippen LogP contribution in [0.2, 0.25) is 10.0 Å². The summed E-state index contributed by atoms with van der Waals surface area (Å²) in [5.41, 5.74) is 0.661. The number of carbonyl (C=O) groups is 1. The van der Waals surface area contributed by atoms with E-state index in [1.165, 1.54) is 6.20 Å². The second kappa shape index (κ2) is 5.42. The van der Waals surface area contributed by atoms with Crippen molar-refractivity contribution in [3.63, 3.8) is 0 Å². The Balaban J connectivity index is 2.51. The van der Waals surface area contributed by atoms with Gasteiger partial charge in [0.15, 0.2) is 5.82 Å². The molecule has 2 rings (SSSR count). The number of hydrogen-bond donors (Lipinski definition) is 2. The van der Waals surface area contributed by atoms with Crippen LogP contribution in [-0.2, 0) is 0 Å². The van der Waals surface area contributed by atoms with Gasteiger partial charge in [-0.05, 0) is 18.2 Å². The normalized spacial score (nSPS) is 10.3. The largest absolute Gasteiger partial charge is 0.477 e. The number of hydrogen-bond acceptors (Lipinski definition) is 4. The average molecular weight is 298 g/mol. The summed E-state index contributed by atoms with van der Waals surface area (Å²) in [6.45, 7) is 0. The maximum atomic E-state index is 11.0. The molecule has 1 aromatic carbocycles. The number of anilines is 1. The Morgan fingerprint density at radius 1 is 1.32 bits per heavy atom. The van der Waals surface area contributed by atoms with E-state index in [-0.39, 0.29) is 11.4 Å². The standard InChI is InChI=1S/C12H9Cl2N3O2/c1-15-11-7(12(18)19)5-16-10(17-11)6-2-3-8(13)9(14)4-6/h2-5H,1H3,(H,18,19)(H,15,16,17). The quantitative estimate of drug-likeness (QED) is 0.910. The molecule has 2 aromatic rings. The van der Waals surface area contributed by atoms with Gasteiger partial charge in [0.05, 0.1) is 10.0 Å². The first kappa shape index (κ1) is 13.6. The van der Waals surface area contributed by atoms with Crippen LogP contribution in [-0.4, -0.2) is 28.1 Å². The van der Waals surface area contributed by atoms with Crippen LogP contribution in [0.1, 0.15) is 10.4 Å². The van der Waals surface area contributed by atoms with Gasteiger partial charge in [0.2, 0.25) is 0 Å². The fourth-order valence-corrected chi connectivity index (χ4v) is 1.80. The van der Waals surface area contributed by atoms with Crippen molar-refractivity contribution < 1.29 is 9.90 Å². The zero-order chi connectivity index (χ0) is 14.0. The topological polar surface area (TPSA) is 75.1 Å². The number of carboxylic acids is 1. The van der Waals surface area contributed by atoms with E-state index < -0.39 is 5.97 Å². The van der Waals surface area contributed by atoms with Crippen LogP contribution in [0.3, 0.4) is 0 Å². The highest BCUT2D eigenvalue weighted by Crippen LogP contribution is 2.27. The predicted octanol–water partition coefficient (Wildman–Crippen LogP) is 3.19. The van der Waals surface area contributed by atoms with Crippen LogP contribution < -0.4 is 5.32 Å². The smallest absolute Gasteiger partial charge is 0.341 e. The molecule has 19 heavy (non-hydrogen) atoms. The molecule has 0 atom stereocenters. The highest BCUT2D eigenvalue weighted by molar-refractivity contribution is 6.42. The number of rotatable bonds is 3. The van der Waals surface area contributed by atoms with Gasteiger partial charge in [-0.3, -0.25) is 0 Å². The molecule has 2 N–H and O–H groups in total. The third kappa shape index (κ3) is 2.77. The molecule has 1 heterocycles. The molecule has 0 saturated carbocycles. The highest BCUT2D eigenvalue weighted by Gasteiger charge is 2.13. The molecule has 0 bridgehead atoms. The SMILES string of the molecule is CNc1nc(-c2ccc(Cl)c(Cl)c2)ncc1C(=O)O. The lowest BCUT2D eigenvalue weighted by atomic mass is 10.2. The van der Waals surface area contributed by atoms with Gasteiger partial charge in [-0.1, -0.05) is 23.2 Å². The Hall–Kier alpha value is -1.85. The summed E-state index contributed by atoms with van der Waals surface area (Å²) in [4.78, 5) is 19.1. The summed E-state index contributed by atoms with van der Waals surface area (Å²) < 4.78 is 0. The average Bonchev–Trinajstić information content (AvgIpc) is 2.41. The fraction of sp³-hybridized carbons (Fsp3) is 0.0833. The summed E-state index contributed by atoms with van der Waals surface area (Å²) in [5.74, 6) is -0.485. The number of halogens is 2. The van der Waals surface area contributed by atoms with Crippen molar-refractivity contribution in [3.05, 3.63) is 40.0 Å². The molecule has 0 aliphatic heterocycles. The van der Waals surface area contributed by atoms with E-state index in [2.05, 4.69) is 15.3 Å². The van der Waals surface area contributed by atoms with E-state index in [9.17, 15) is 4.79 Å². The zero-order valence-electron chi connectivity index (χ0n) is 9.82. The Bertz CT molecular complexity index is 647. The summed E-state index contributed by atoms with van der Waals surface area (Å²) in [7, 11) is 1.59. The van der Waals surface area contributed by atoms with E-state index in [0.717, 1.165) is 0 Å². The maximum Gasteiger partial charge on any atom is 0.341 e. The molecule has 0 spiro atoms. The van der Waals surface area contributed by atoms with Crippen molar-refractivity contribution in [1.29, 1.82) is 0 Å². The van der Waals surface area contributed by atoms with E-state index in [0.29, 0.717) is 21.4 Å². The van der Waals surface area contributed by atoms with Crippen LogP contribution in [0.4, 0.5) is 5.82 Å². The van der Waals surface area contributed by atoms with Crippen molar-refractivity contribution in [2.24, 2.45) is 0 Å². The first-order chi connectivity index (χ1) is 9.02. The molecule has 0 unspecified atom stereocenters. The summed E-state index contributed by atoms with van der Waals surface area (Å²) in [5, 5.41) is 12.5. The monoisotopic (exact) mass is 297 g/mol. The van der Waals surface area contributed by atoms with Crippen molar-refractivity contribution in [2.45, 2.75) is 0 Å². The lowest BCUT2D eigenvalue weighted by Gasteiger charge is -2.07. The van der Waals surface area contributed by atoms with Crippen LogP contribution in [0.25, 0.3) is 11.4 Å². The van der Waals surface area contributed by atoms with Gasteiger partial charge in [-0.2, -0.15) is 0 Å². The first-order valence-electron chi connectivity index (χ1n) is 5.26. The van der Waals surface area contributed by atoms with Gasteiger partial charge in [-0.25, -0.2) is 14.8 Å². The van der Waals surface area contributed by atoms with E-state index >= 15 is 0 Å². The van der Waals surface area contributed by atoms with Crippen LogP contribution in [0.15, 0.2) is 24.4 Å². The maximum absolute atomic E-state index is 11.0. The molecule has 1 aromatic heterocycles. The molecule has 5 nitrogen and oxygen atoms in total. The molecule has 7 heteroatoms. The number of aromatic carboxylic acids is 1. The molecular weight excluding hydrogens is 289 g/mol. The summed E-state index contributed by atoms with van der Waals surface area (Å²) in [6.07, 6.45) is 1.25. The molecular formula is C12H9Cl2N3O2. The molecule has 0 radical (unpaired) electrons. The third-order valence-electron chi connectivity index (χ3n) is 2.43. The Morgan fingerprint density at radius 2 is 2.05 bits per heavy atom. The lowest BCUT2D eigenvalue weighted by Crippen LogP contribution is -2.07. The fourth-order valence-electron chi connectivity index (χ4n) is 1.50. The molecule has 0 aliphatic rings. The Morgan fingerprint density at radius 3 is 2.63 bits per heavy atom. The molecule has 0 fully saturated rings. The Kier molecular flexibility index (Phi) is 3.87. The minimum atomic E-state index is -1.09. The van der Waals surface area contributed by atoms with Gasteiger partial charge in [0.1, 0.15) is 11.4 Å². The number of nitrogens with one attached hydrogen (secondary N) is 1. The van der Waals surface area contributed by atoms with Crippen LogP contribution >= 0.6 is 23.2 Å². The zero-order valence-corrected chi connectivity index (χ0v) is 11.3. The third-order valence-corrected chi connectivity index (χ3v) is 3.17. The van der Waals surface area contributed by atoms with Gasteiger partial charge >= 0.3 is 5.97 Å². The van der Waals surface area contributed by atoms with Crippen molar-refractivity contribution in [3.8, 4) is 11.4 Å². The second-order valence-corrected chi connectivity index (χ2v) is 4.45. The highest BCUT2D eigenvalue weighted by atomic mass is 35.5. The first-order valence-corrected chi connectivity index (χ1v) is 6.02. The van der Waals surface area contributed by atoms with Gasteiger partial charge in [-0.15, -0.1) is 0 Å². The van der Waals surface area contributed by atoms with Crippen molar-refractivity contribution >= 4 is 35.0 Å². The summed E-state index contributed by atoms with van der Waals surface area (Å²) >= 11 is 11.8. The van der Waals surface area contributed by atoms with Gasteiger partial charge in [0, 0.05) is 18.8 Å². The minimum absolute atomic E-state index is 0.00584. The number of benzene rings is 1. The molecule has 98 valence electrons. The predicted molar refractivity (Wildman–Crippen MR) is 74.0 cm³/mol. The molecule has 0 aliphatic carbocycles. The van der Waals surface area contributed by atoms with E-state index in [1.807, 2.05) is 0 Å². The van der Waals surface area contributed by atoms with Crippen molar-refractivity contribution in [2.75, 3.05) is 12.4 Å². The number of carboxylic acid groups (broad SMARTS) is 1. The van der Waals surface area contributed by atoms with Crippen LogP contribution in [0, 0.1) is 0 Å². The van der Waals surface area contributed by atoms with Crippen molar-refractivity contribution in [1.82, 2.24) is 9.97 Å². The van der Waals surface area contributed by atoms with Crippen LogP contribution in [0.5, 0.6) is 0 Å². The molecule has 0 amide bonds. The second-order valence-electron chi connectivity index (χ2n) is 3.64. The van der Waals surface area contributed by atoms with E-state index in [4.69, 9.17) is 28.3 Å². The number of nitrogens with zero attached hydrogens (tertiary/aromatic N) is 2. The van der Waals surface area contributed by atoms with Gasteiger partial charge < -0.3 is 10.4 Å². The lowest BCUT2D eigenvalue weighted by molar-refractivity contribution is 0.0697.